The van der Waals surface area contributed by atoms with Gasteiger partial charge in [0, 0.05) is 37.8 Å². The molecule has 2 aromatic carbocycles. The molecule has 1 aliphatic heterocycles. The fourth-order valence-electron chi connectivity index (χ4n) is 3.94. The molecule has 0 N–H and O–H groups in total. The zero-order chi connectivity index (χ0) is 18.6. The average Bonchev–Trinajstić information content (AvgIpc) is 3.02. The van der Waals surface area contributed by atoms with Crippen molar-refractivity contribution in [1.82, 2.24) is 14.7 Å². The van der Waals surface area contributed by atoms with Crippen molar-refractivity contribution < 1.29 is 4.74 Å². The van der Waals surface area contributed by atoms with Crippen LogP contribution in [0.4, 0.5) is 0 Å². The number of aryl methyl sites for hydroxylation is 1. The summed E-state index contributed by atoms with van der Waals surface area (Å²) < 4.78 is 8.06. The van der Waals surface area contributed by atoms with Crippen LogP contribution in [0.1, 0.15) is 16.8 Å². The van der Waals surface area contributed by atoms with Crippen LogP contribution in [0, 0.1) is 6.92 Å². The zero-order valence-electron chi connectivity index (χ0n) is 16.0. The summed E-state index contributed by atoms with van der Waals surface area (Å²) in [5, 5.41) is 7.21. The minimum Gasteiger partial charge on any atom is -0.375 e. The first-order valence-corrected chi connectivity index (χ1v) is 9.67. The Morgan fingerprint density at radius 3 is 2.93 bits per heavy atom. The van der Waals surface area contributed by atoms with Gasteiger partial charge in [-0.05, 0) is 23.3 Å². The van der Waals surface area contributed by atoms with Crippen molar-refractivity contribution in [3.8, 4) is 0 Å². The second-order valence-corrected chi connectivity index (χ2v) is 7.32. The molecule has 4 heteroatoms. The first-order chi connectivity index (χ1) is 13.2. The first kappa shape index (κ1) is 18.0. The Morgan fingerprint density at radius 1 is 1.19 bits per heavy atom. The van der Waals surface area contributed by atoms with Crippen LogP contribution >= 0.6 is 0 Å². The van der Waals surface area contributed by atoms with Crippen LogP contribution in [0.5, 0.6) is 0 Å². The molecular weight excluding hydrogens is 334 g/mol. The normalized spacial score (nSPS) is 18.0. The molecule has 0 amide bonds. The molecule has 0 spiro atoms. The summed E-state index contributed by atoms with van der Waals surface area (Å²) >= 11 is 0. The van der Waals surface area contributed by atoms with Crippen LogP contribution < -0.4 is 0 Å². The van der Waals surface area contributed by atoms with E-state index in [4.69, 9.17) is 4.74 Å². The van der Waals surface area contributed by atoms with Gasteiger partial charge < -0.3 is 4.74 Å². The van der Waals surface area contributed by atoms with Crippen molar-refractivity contribution in [2.24, 2.45) is 0 Å². The molecular formula is C23H27N3O. The SMILES string of the molecule is C=CCn1cc(CN2CCOC(Cc3cccc4ccccc34)C2)c(C)n1. The highest BCUT2D eigenvalue weighted by atomic mass is 16.5. The van der Waals surface area contributed by atoms with E-state index in [1.807, 2.05) is 10.8 Å². The van der Waals surface area contributed by atoms with Gasteiger partial charge in [0.25, 0.3) is 0 Å². The number of fused-ring (bicyclic) bond motifs is 1. The van der Waals surface area contributed by atoms with E-state index in [1.54, 1.807) is 0 Å². The van der Waals surface area contributed by atoms with Crippen LogP contribution in [-0.4, -0.2) is 40.5 Å². The van der Waals surface area contributed by atoms with Crippen LogP contribution in [0.25, 0.3) is 10.8 Å². The molecule has 27 heavy (non-hydrogen) atoms. The van der Waals surface area contributed by atoms with Gasteiger partial charge in [-0.15, -0.1) is 6.58 Å². The first-order valence-electron chi connectivity index (χ1n) is 9.67. The van der Waals surface area contributed by atoms with E-state index in [2.05, 4.69) is 72.2 Å². The monoisotopic (exact) mass is 361 g/mol. The van der Waals surface area contributed by atoms with Crippen LogP contribution in [0.2, 0.25) is 0 Å². The second kappa shape index (κ2) is 8.07. The fourth-order valence-corrected chi connectivity index (χ4v) is 3.94. The maximum atomic E-state index is 6.10. The van der Waals surface area contributed by atoms with Gasteiger partial charge in [-0.25, -0.2) is 0 Å². The average molecular weight is 361 g/mol. The molecule has 0 radical (unpaired) electrons. The lowest BCUT2D eigenvalue weighted by Crippen LogP contribution is -2.42. The Kier molecular flexibility index (Phi) is 5.37. The van der Waals surface area contributed by atoms with Crippen molar-refractivity contribution in [3.63, 3.8) is 0 Å². The summed E-state index contributed by atoms with van der Waals surface area (Å²) in [6.45, 7) is 10.3. The van der Waals surface area contributed by atoms with E-state index in [1.165, 1.54) is 21.9 Å². The molecule has 1 aliphatic rings. The third-order valence-corrected chi connectivity index (χ3v) is 5.31. The largest absolute Gasteiger partial charge is 0.375 e. The summed E-state index contributed by atoms with van der Waals surface area (Å²) in [4.78, 5) is 2.49. The number of benzene rings is 2. The Hall–Kier alpha value is -2.43. The molecule has 140 valence electrons. The topological polar surface area (TPSA) is 30.3 Å². The molecule has 2 heterocycles. The number of hydrogen-bond donors (Lipinski definition) is 0. The van der Waals surface area contributed by atoms with Crippen molar-refractivity contribution in [2.45, 2.75) is 32.5 Å². The van der Waals surface area contributed by atoms with Crippen LogP contribution in [0.15, 0.2) is 61.3 Å². The predicted octanol–water partition coefficient (Wildman–Crippen LogP) is 3.97. The molecule has 1 fully saturated rings. The summed E-state index contributed by atoms with van der Waals surface area (Å²) in [7, 11) is 0. The van der Waals surface area contributed by atoms with Gasteiger partial charge >= 0.3 is 0 Å². The van der Waals surface area contributed by atoms with Gasteiger partial charge in [0.1, 0.15) is 0 Å². The minimum atomic E-state index is 0.230. The third-order valence-electron chi connectivity index (χ3n) is 5.31. The number of rotatable bonds is 6. The number of morpholine rings is 1. The number of ether oxygens (including phenoxy) is 1. The van der Waals surface area contributed by atoms with Gasteiger partial charge in [0.2, 0.25) is 0 Å². The predicted molar refractivity (Wildman–Crippen MR) is 110 cm³/mol. The van der Waals surface area contributed by atoms with Gasteiger partial charge in [-0.2, -0.15) is 5.10 Å². The van der Waals surface area contributed by atoms with Gasteiger partial charge in [-0.3, -0.25) is 9.58 Å². The maximum Gasteiger partial charge on any atom is 0.0743 e. The van der Waals surface area contributed by atoms with Crippen LogP contribution in [-0.2, 0) is 24.2 Å². The molecule has 1 aromatic heterocycles. The number of allylic oxidation sites excluding steroid dienone is 1. The van der Waals surface area contributed by atoms with Gasteiger partial charge in [-0.1, -0.05) is 48.5 Å². The minimum absolute atomic E-state index is 0.230. The quantitative estimate of drug-likeness (QED) is 0.622. The van der Waals surface area contributed by atoms with Gasteiger partial charge in [0.05, 0.1) is 24.9 Å². The van der Waals surface area contributed by atoms with E-state index >= 15 is 0 Å². The molecule has 1 unspecified atom stereocenters. The van der Waals surface area contributed by atoms with Crippen molar-refractivity contribution in [1.29, 1.82) is 0 Å². The Balaban J connectivity index is 1.44. The smallest absolute Gasteiger partial charge is 0.0743 e. The van der Waals surface area contributed by atoms with E-state index < -0.39 is 0 Å². The summed E-state index contributed by atoms with van der Waals surface area (Å²) in [5.41, 5.74) is 3.77. The Bertz CT molecular complexity index is 925. The lowest BCUT2D eigenvalue weighted by Gasteiger charge is -2.33. The summed E-state index contributed by atoms with van der Waals surface area (Å²) in [6, 6.07) is 15.2. The number of nitrogens with zero attached hydrogens (tertiary/aromatic N) is 3. The van der Waals surface area contributed by atoms with Crippen molar-refractivity contribution >= 4 is 10.8 Å². The number of hydrogen-bond acceptors (Lipinski definition) is 3. The third kappa shape index (κ3) is 4.12. The molecule has 0 aliphatic carbocycles. The van der Waals surface area contributed by atoms with Crippen molar-refractivity contribution in [2.75, 3.05) is 19.7 Å². The molecule has 1 saturated heterocycles. The van der Waals surface area contributed by atoms with Crippen LogP contribution in [0.3, 0.4) is 0 Å². The maximum absolute atomic E-state index is 6.10. The Morgan fingerprint density at radius 2 is 2.04 bits per heavy atom. The molecule has 0 saturated carbocycles. The van der Waals surface area contributed by atoms with Crippen molar-refractivity contribution in [3.05, 3.63) is 78.1 Å². The van der Waals surface area contributed by atoms with E-state index in [0.29, 0.717) is 0 Å². The highest BCUT2D eigenvalue weighted by Crippen LogP contribution is 2.22. The van der Waals surface area contributed by atoms with E-state index in [9.17, 15) is 0 Å². The summed E-state index contributed by atoms with van der Waals surface area (Å²) in [6.07, 6.45) is 5.21. The fraction of sp³-hybridized carbons (Fsp3) is 0.348. The lowest BCUT2D eigenvalue weighted by atomic mass is 9.99. The van der Waals surface area contributed by atoms with E-state index in [0.717, 1.165) is 44.9 Å². The summed E-state index contributed by atoms with van der Waals surface area (Å²) in [5.74, 6) is 0. The van der Waals surface area contributed by atoms with E-state index in [-0.39, 0.29) is 6.10 Å². The highest BCUT2D eigenvalue weighted by Gasteiger charge is 2.22. The highest BCUT2D eigenvalue weighted by molar-refractivity contribution is 5.85. The molecule has 4 nitrogen and oxygen atoms in total. The number of aromatic nitrogens is 2. The van der Waals surface area contributed by atoms with Gasteiger partial charge in [0.15, 0.2) is 0 Å². The molecule has 0 bridgehead atoms. The lowest BCUT2D eigenvalue weighted by molar-refractivity contribution is -0.0304. The standard InChI is InChI=1S/C23H27N3O/c1-3-11-26-16-21(18(2)24-26)15-25-12-13-27-22(17-25)14-20-9-6-8-19-7-4-5-10-23(19)20/h3-10,16,22H,1,11-15,17H2,2H3. The molecule has 1 atom stereocenters. The Labute approximate surface area is 161 Å². The molecule has 3 aromatic rings. The second-order valence-electron chi connectivity index (χ2n) is 7.32. The zero-order valence-corrected chi connectivity index (χ0v) is 16.0. The molecule has 4 rings (SSSR count).